The summed E-state index contributed by atoms with van der Waals surface area (Å²) in [6.45, 7) is 12.6. The van der Waals surface area contributed by atoms with Crippen LogP contribution in [0.3, 0.4) is 0 Å². The minimum absolute atomic E-state index is 0.0174. The van der Waals surface area contributed by atoms with E-state index in [1.807, 2.05) is 41.5 Å². The summed E-state index contributed by atoms with van der Waals surface area (Å²) in [5.74, 6) is -1.03. The Morgan fingerprint density at radius 2 is 1.97 bits per heavy atom. The fraction of sp³-hybridized carbons (Fsp3) is 0.727. The van der Waals surface area contributed by atoms with E-state index in [0.29, 0.717) is 30.8 Å². The number of likely N-dealkylation sites (tertiary alicyclic amines) is 1. The van der Waals surface area contributed by atoms with Gasteiger partial charge in [0.15, 0.2) is 0 Å². The molecule has 2 aliphatic heterocycles. The molecule has 0 aliphatic carbocycles. The molecule has 32 heavy (non-hydrogen) atoms. The van der Waals surface area contributed by atoms with Crippen LogP contribution in [0.4, 0.5) is 9.18 Å². The zero-order valence-corrected chi connectivity index (χ0v) is 20.6. The van der Waals surface area contributed by atoms with E-state index >= 15 is 0 Å². The van der Waals surface area contributed by atoms with Gasteiger partial charge in [-0.1, -0.05) is 13.3 Å². The number of amides is 2. The zero-order valence-electron chi connectivity index (χ0n) is 19.8. The largest absolute Gasteiger partial charge is 0.505 e. The molecule has 2 fully saturated rings. The average molecular weight is 468 g/mol. The molecule has 3 rings (SSSR count). The van der Waals surface area contributed by atoms with Gasteiger partial charge in [-0.2, -0.15) is 0 Å². The maximum atomic E-state index is 14.6. The van der Waals surface area contributed by atoms with Crippen molar-refractivity contribution in [2.75, 3.05) is 13.2 Å². The smallest absolute Gasteiger partial charge is 0.449 e. The first-order chi connectivity index (χ1) is 14.9. The third-order valence-electron chi connectivity index (χ3n) is 6.57. The Bertz CT molecular complexity index is 830. The monoisotopic (exact) mass is 468 g/mol. The van der Waals surface area contributed by atoms with Gasteiger partial charge in [-0.15, -0.1) is 11.3 Å². The van der Waals surface area contributed by atoms with Crippen molar-refractivity contribution in [1.82, 2.24) is 10.2 Å². The number of halogens is 1. The Hall–Kier alpha value is -1.65. The van der Waals surface area contributed by atoms with Crippen LogP contribution in [-0.4, -0.2) is 60.5 Å². The number of hydrogen-bond acceptors (Lipinski definition) is 6. The molecular weight excluding hydrogens is 434 g/mol. The molecule has 2 aliphatic rings. The molecule has 2 amide bonds. The Morgan fingerprint density at radius 3 is 2.56 bits per heavy atom. The van der Waals surface area contributed by atoms with Crippen LogP contribution in [0.1, 0.15) is 76.9 Å². The molecule has 7 nitrogen and oxygen atoms in total. The highest BCUT2D eigenvalue weighted by Gasteiger charge is 2.52. The van der Waals surface area contributed by atoms with Crippen molar-refractivity contribution in [1.29, 1.82) is 0 Å². The number of rotatable bonds is 6. The number of thiophene rings is 1. The van der Waals surface area contributed by atoms with Gasteiger partial charge in [-0.25, -0.2) is 9.18 Å². The molecule has 1 N–H and O–H groups in total. The Balaban J connectivity index is 1.58. The lowest BCUT2D eigenvalue weighted by molar-refractivity contribution is 0.00578. The van der Waals surface area contributed by atoms with E-state index in [1.165, 1.54) is 6.07 Å². The first kappa shape index (κ1) is 25.0. The van der Waals surface area contributed by atoms with Crippen LogP contribution in [0.2, 0.25) is 0 Å². The van der Waals surface area contributed by atoms with E-state index in [9.17, 15) is 14.0 Å². The lowest BCUT2D eigenvalue weighted by Crippen LogP contribution is -2.51. The van der Waals surface area contributed by atoms with Crippen LogP contribution in [0.15, 0.2) is 6.07 Å². The van der Waals surface area contributed by atoms with Gasteiger partial charge in [0.2, 0.25) is 0 Å². The number of nitrogens with zero attached hydrogens (tertiary/aromatic N) is 1. The van der Waals surface area contributed by atoms with Gasteiger partial charge in [-0.3, -0.25) is 4.79 Å². The van der Waals surface area contributed by atoms with E-state index in [2.05, 4.69) is 5.32 Å². The highest BCUT2D eigenvalue weighted by molar-refractivity contribution is 7.23. The molecule has 0 spiro atoms. The van der Waals surface area contributed by atoms with Gasteiger partial charge in [0.1, 0.15) is 10.7 Å². The van der Waals surface area contributed by atoms with Crippen molar-refractivity contribution in [3.8, 4) is 0 Å². The molecule has 0 radical (unpaired) electrons. The molecule has 1 aromatic heterocycles. The molecule has 1 aromatic rings. The summed E-state index contributed by atoms with van der Waals surface area (Å²) in [7, 11) is -0.706. The first-order valence-electron chi connectivity index (χ1n) is 11.3. The van der Waals surface area contributed by atoms with Gasteiger partial charge in [0.25, 0.3) is 5.91 Å². The number of unbranched alkanes of at least 4 members (excludes halogenated alkanes) is 1. The molecule has 0 bridgehead atoms. The molecule has 0 aromatic carbocycles. The summed E-state index contributed by atoms with van der Waals surface area (Å²) < 4.78 is 32.4. The molecule has 178 valence electrons. The Kier molecular flexibility index (Phi) is 7.57. The Labute approximate surface area is 194 Å². The van der Waals surface area contributed by atoms with E-state index in [1.54, 1.807) is 4.90 Å². The van der Waals surface area contributed by atoms with Crippen LogP contribution in [0, 0.1) is 5.82 Å². The minimum Gasteiger partial charge on any atom is -0.449 e. The van der Waals surface area contributed by atoms with E-state index in [-0.39, 0.29) is 23.1 Å². The highest BCUT2D eigenvalue weighted by Crippen LogP contribution is 2.37. The second kappa shape index (κ2) is 9.69. The minimum atomic E-state index is -0.706. The van der Waals surface area contributed by atoms with Gasteiger partial charge >= 0.3 is 13.2 Å². The van der Waals surface area contributed by atoms with Gasteiger partial charge < -0.3 is 24.3 Å². The van der Waals surface area contributed by atoms with Crippen molar-refractivity contribution >= 4 is 35.2 Å². The molecule has 0 saturated carbocycles. The van der Waals surface area contributed by atoms with E-state index in [0.717, 1.165) is 24.2 Å². The summed E-state index contributed by atoms with van der Waals surface area (Å²) in [5.41, 5.74) is -1.08. The number of nitrogens with one attached hydrogen (secondary N) is 1. The number of ether oxygens (including phenoxy) is 1. The van der Waals surface area contributed by atoms with Gasteiger partial charge in [0, 0.05) is 23.4 Å². The van der Waals surface area contributed by atoms with Crippen molar-refractivity contribution in [3.05, 3.63) is 16.8 Å². The number of carbonyl (C=O) groups is 2. The van der Waals surface area contributed by atoms with E-state index in [4.69, 9.17) is 14.0 Å². The first-order valence-corrected chi connectivity index (χ1v) is 12.2. The zero-order chi connectivity index (χ0) is 23.7. The molecule has 2 atom stereocenters. The van der Waals surface area contributed by atoms with Crippen LogP contribution < -0.4 is 10.1 Å². The third kappa shape index (κ3) is 5.29. The normalized spacial score (nSPS) is 24.5. The second-order valence-electron chi connectivity index (χ2n) is 9.62. The van der Waals surface area contributed by atoms with Crippen molar-refractivity contribution in [3.63, 3.8) is 0 Å². The topological polar surface area (TPSA) is 77.1 Å². The maximum absolute atomic E-state index is 14.6. The number of hydrogen-bond donors (Lipinski definition) is 1. The number of carbonyl (C=O) groups excluding carboxylic acids is 2. The Morgan fingerprint density at radius 1 is 1.31 bits per heavy atom. The van der Waals surface area contributed by atoms with E-state index < -0.39 is 30.0 Å². The lowest BCUT2D eigenvalue weighted by atomic mass is 9.88. The molecule has 2 unspecified atom stereocenters. The molecule has 2 saturated heterocycles. The van der Waals surface area contributed by atoms with Crippen LogP contribution in [0.25, 0.3) is 0 Å². The average Bonchev–Trinajstić information content (AvgIpc) is 3.18. The van der Waals surface area contributed by atoms with Crippen molar-refractivity contribution in [2.45, 2.75) is 90.5 Å². The summed E-state index contributed by atoms with van der Waals surface area (Å²) in [4.78, 5) is 26.7. The third-order valence-corrected chi connectivity index (χ3v) is 7.70. The lowest BCUT2D eigenvalue weighted by Gasteiger charge is -2.37. The molecule has 3 heterocycles. The second-order valence-corrected chi connectivity index (χ2v) is 10.7. The quantitative estimate of drug-likeness (QED) is 0.509. The fourth-order valence-corrected chi connectivity index (χ4v) is 4.73. The highest BCUT2D eigenvalue weighted by atomic mass is 32.1. The standard InChI is InChI=1S/C22H34BFN2O5S/c1-7-8-11-29-20(28)26-10-9-15(12-14(26)2)25-19(27)18-16(24)13-17(32-18)23-30-21(3,4)22(5,6)31-23/h13-15H,7-12H2,1-6H3,(H,25,27). The SMILES string of the molecule is CCCCOC(=O)N1CCC(NC(=O)c2sc(B3OC(C)(C)C(C)(C)O3)cc2F)CC1C. The van der Waals surface area contributed by atoms with Crippen molar-refractivity contribution < 1.29 is 28.0 Å². The molecular formula is C22H34BFN2O5S. The fourth-order valence-electron chi connectivity index (χ4n) is 3.83. The van der Waals surface area contributed by atoms with Gasteiger partial charge in [0.05, 0.1) is 17.8 Å². The van der Waals surface area contributed by atoms with Crippen molar-refractivity contribution in [2.24, 2.45) is 0 Å². The van der Waals surface area contributed by atoms with Crippen LogP contribution in [0.5, 0.6) is 0 Å². The summed E-state index contributed by atoms with van der Waals surface area (Å²) in [6.07, 6.45) is 2.67. The van der Waals surface area contributed by atoms with Crippen LogP contribution >= 0.6 is 11.3 Å². The number of piperidine rings is 1. The molecule has 10 heteroatoms. The predicted octanol–water partition coefficient (Wildman–Crippen LogP) is 3.71. The summed E-state index contributed by atoms with van der Waals surface area (Å²) in [6, 6.07) is 1.11. The van der Waals surface area contributed by atoms with Crippen LogP contribution in [-0.2, 0) is 14.0 Å². The maximum Gasteiger partial charge on any atom is 0.505 e. The predicted molar refractivity (Wildman–Crippen MR) is 123 cm³/mol. The summed E-state index contributed by atoms with van der Waals surface area (Å²) >= 11 is 1.05. The van der Waals surface area contributed by atoms with Gasteiger partial charge in [-0.05, 0) is 59.9 Å². The summed E-state index contributed by atoms with van der Waals surface area (Å²) in [5, 5.41) is 2.93.